The molecule has 1 aromatic heterocycles. The van der Waals surface area contributed by atoms with Gasteiger partial charge in [-0.05, 0) is 12.1 Å². The topological polar surface area (TPSA) is 46.2 Å². The number of nitrogens with zero attached hydrogens (tertiary/aromatic N) is 1. The zero-order chi connectivity index (χ0) is 10.5. The van der Waals surface area contributed by atoms with Gasteiger partial charge in [-0.1, -0.05) is 0 Å². The summed E-state index contributed by atoms with van der Waals surface area (Å²) in [5.74, 6) is 0.349. The van der Waals surface area contributed by atoms with Gasteiger partial charge in [-0.15, -0.1) is 0 Å². The summed E-state index contributed by atoms with van der Waals surface area (Å²) in [6.07, 6.45) is 1.35. The van der Waals surface area contributed by atoms with Gasteiger partial charge in [0.25, 0.3) is 0 Å². The molecule has 0 aliphatic carbocycles. The molecule has 4 nitrogen and oxygen atoms in total. The fourth-order valence-corrected chi connectivity index (χ4v) is 1.45. The Morgan fingerprint density at radius 2 is 2.53 bits per heavy atom. The highest BCUT2D eigenvalue weighted by Crippen LogP contribution is 2.04. The quantitative estimate of drug-likeness (QED) is 0.769. The molecular formula is C10H14FN3O. The van der Waals surface area contributed by atoms with Crippen molar-refractivity contribution in [1.29, 1.82) is 0 Å². The maximum Gasteiger partial charge on any atom is 0.141 e. The minimum atomic E-state index is -0.323. The molecule has 0 bridgehead atoms. The van der Waals surface area contributed by atoms with E-state index in [-0.39, 0.29) is 11.9 Å². The molecular weight excluding hydrogens is 197 g/mol. The number of aromatic nitrogens is 1. The molecule has 2 N–H and O–H groups in total. The van der Waals surface area contributed by atoms with Crippen LogP contribution < -0.4 is 10.6 Å². The van der Waals surface area contributed by atoms with Crippen molar-refractivity contribution in [3.8, 4) is 0 Å². The van der Waals surface area contributed by atoms with E-state index < -0.39 is 0 Å². The molecule has 15 heavy (non-hydrogen) atoms. The zero-order valence-corrected chi connectivity index (χ0v) is 8.37. The summed E-state index contributed by atoms with van der Waals surface area (Å²) in [6, 6.07) is 3.00. The van der Waals surface area contributed by atoms with Crippen LogP contribution >= 0.6 is 0 Å². The molecule has 1 aliphatic rings. The molecule has 1 fully saturated rings. The number of halogens is 1. The summed E-state index contributed by atoms with van der Waals surface area (Å²) in [5, 5.41) is 6.33. The fourth-order valence-electron chi connectivity index (χ4n) is 1.45. The second-order valence-corrected chi connectivity index (χ2v) is 3.44. The lowest BCUT2D eigenvalue weighted by molar-refractivity contribution is 0.0372. The van der Waals surface area contributed by atoms with E-state index in [0.717, 1.165) is 19.7 Å². The summed E-state index contributed by atoms with van der Waals surface area (Å²) in [4.78, 5) is 3.90. The predicted octanol–water partition coefficient (Wildman–Crippen LogP) is 0.621. The molecule has 0 amide bonds. The Morgan fingerprint density at radius 1 is 1.60 bits per heavy atom. The largest absolute Gasteiger partial charge is 0.374 e. The lowest BCUT2D eigenvalue weighted by Crippen LogP contribution is -2.42. The maximum absolute atomic E-state index is 12.6. The van der Waals surface area contributed by atoms with Crippen LogP contribution in [0.5, 0.6) is 0 Å². The number of hydrogen-bond donors (Lipinski definition) is 2. The predicted molar refractivity (Wildman–Crippen MR) is 55.3 cm³/mol. The molecule has 0 aromatic carbocycles. The Hall–Kier alpha value is -1.20. The number of nitrogens with one attached hydrogen (secondary N) is 2. The molecule has 1 aliphatic heterocycles. The minimum absolute atomic E-state index is 0.158. The zero-order valence-electron chi connectivity index (χ0n) is 8.37. The van der Waals surface area contributed by atoms with E-state index in [1.165, 1.54) is 12.3 Å². The molecule has 0 radical (unpaired) electrons. The maximum atomic E-state index is 12.6. The third kappa shape index (κ3) is 3.14. The van der Waals surface area contributed by atoms with E-state index >= 15 is 0 Å². The van der Waals surface area contributed by atoms with Crippen molar-refractivity contribution in [2.24, 2.45) is 0 Å². The van der Waals surface area contributed by atoms with Crippen molar-refractivity contribution in [3.63, 3.8) is 0 Å². The van der Waals surface area contributed by atoms with Gasteiger partial charge in [0.2, 0.25) is 0 Å². The Balaban J connectivity index is 1.79. The lowest BCUT2D eigenvalue weighted by atomic mass is 10.3. The van der Waals surface area contributed by atoms with Gasteiger partial charge < -0.3 is 15.4 Å². The van der Waals surface area contributed by atoms with E-state index in [0.29, 0.717) is 12.4 Å². The van der Waals surface area contributed by atoms with Crippen LogP contribution in [0.15, 0.2) is 18.3 Å². The van der Waals surface area contributed by atoms with E-state index in [1.807, 2.05) is 0 Å². The van der Waals surface area contributed by atoms with Gasteiger partial charge in [-0.2, -0.15) is 0 Å². The first-order chi connectivity index (χ1) is 7.34. The van der Waals surface area contributed by atoms with Crippen LogP contribution in [0.3, 0.4) is 0 Å². The minimum Gasteiger partial charge on any atom is -0.374 e. The van der Waals surface area contributed by atoms with E-state index in [4.69, 9.17) is 4.74 Å². The summed E-state index contributed by atoms with van der Waals surface area (Å²) >= 11 is 0. The average molecular weight is 211 g/mol. The Bertz CT molecular complexity index is 298. The Labute approximate surface area is 87.8 Å². The van der Waals surface area contributed by atoms with Crippen molar-refractivity contribution >= 4 is 5.82 Å². The van der Waals surface area contributed by atoms with Crippen LogP contribution in [0, 0.1) is 5.82 Å². The SMILES string of the molecule is Fc1ccc(NCC2CNCCO2)nc1. The molecule has 82 valence electrons. The Kier molecular flexibility index (Phi) is 3.47. The number of hydrogen-bond acceptors (Lipinski definition) is 4. The first-order valence-electron chi connectivity index (χ1n) is 5.02. The number of ether oxygens (including phenoxy) is 1. The summed E-state index contributed by atoms with van der Waals surface area (Å²) in [5.41, 5.74) is 0. The van der Waals surface area contributed by atoms with Crippen molar-refractivity contribution < 1.29 is 9.13 Å². The van der Waals surface area contributed by atoms with Crippen LogP contribution in [0.25, 0.3) is 0 Å². The van der Waals surface area contributed by atoms with Gasteiger partial charge >= 0.3 is 0 Å². The molecule has 1 unspecified atom stereocenters. The van der Waals surface area contributed by atoms with Gasteiger partial charge in [0.15, 0.2) is 0 Å². The normalized spacial score (nSPS) is 21.3. The molecule has 0 saturated carbocycles. The van der Waals surface area contributed by atoms with Crippen molar-refractivity contribution in [3.05, 3.63) is 24.1 Å². The Morgan fingerprint density at radius 3 is 3.20 bits per heavy atom. The number of rotatable bonds is 3. The molecule has 1 saturated heterocycles. The molecule has 0 spiro atoms. The van der Waals surface area contributed by atoms with Crippen molar-refractivity contribution in [1.82, 2.24) is 10.3 Å². The monoisotopic (exact) mass is 211 g/mol. The number of morpholine rings is 1. The van der Waals surface area contributed by atoms with Gasteiger partial charge in [0.05, 0.1) is 18.9 Å². The van der Waals surface area contributed by atoms with Crippen LogP contribution in [0.4, 0.5) is 10.2 Å². The van der Waals surface area contributed by atoms with Gasteiger partial charge in [-0.3, -0.25) is 0 Å². The van der Waals surface area contributed by atoms with Crippen LogP contribution in [-0.4, -0.2) is 37.3 Å². The summed E-state index contributed by atoms with van der Waals surface area (Å²) in [6.45, 7) is 3.17. The van der Waals surface area contributed by atoms with Crippen molar-refractivity contribution in [2.45, 2.75) is 6.10 Å². The highest BCUT2D eigenvalue weighted by molar-refractivity contribution is 5.33. The molecule has 2 rings (SSSR count). The molecule has 1 atom stereocenters. The highest BCUT2D eigenvalue weighted by atomic mass is 19.1. The van der Waals surface area contributed by atoms with Crippen molar-refractivity contribution in [2.75, 3.05) is 31.6 Å². The summed E-state index contributed by atoms with van der Waals surface area (Å²) in [7, 11) is 0. The second kappa shape index (κ2) is 5.04. The smallest absolute Gasteiger partial charge is 0.141 e. The standard InChI is InChI=1S/C10H14FN3O/c11-8-1-2-10(13-5-8)14-7-9-6-12-3-4-15-9/h1-2,5,9,12H,3-4,6-7H2,(H,13,14). The van der Waals surface area contributed by atoms with Crippen LogP contribution in [0.1, 0.15) is 0 Å². The van der Waals surface area contributed by atoms with E-state index in [1.54, 1.807) is 6.07 Å². The van der Waals surface area contributed by atoms with Gasteiger partial charge in [-0.25, -0.2) is 9.37 Å². The molecule has 2 heterocycles. The van der Waals surface area contributed by atoms with E-state index in [2.05, 4.69) is 15.6 Å². The number of pyridine rings is 1. The number of anilines is 1. The van der Waals surface area contributed by atoms with Gasteiger partial charge in [0, 0.05) is 19.6 Å². The summed E-state index contributed by atoms with van der Waals surface area (Å²) < 4.78 is 18.1. The molecule has 5 heteroatoms. The lowest BCUT2D eigenvalue weighted by Gasteiger charge is -2.23. The third-order valence-corrected chi connectivity index (χ3v) is 2.24. The van der Waals surface area contributed by atoms with Crippen LogP contribution in [-0.2, 0) is 4.74 Å². The average Bonchev–Trinajstić information content (AvgIpc) is 2.30. The van der Waals surface area contributed by atoms with Gasteiger partial charge in [0.1, 0.15) is 11.6 Å². The second-order valence-electron chi connectivity index (χ2n) is 3.44. The third-order valence-electron chi connectivity index (χ3n) is 2.24. The highest BCUT2D eigenvalue weighted by Gasteiger charge is 2.12. The first-order valence-corrected chi connectivity index (χ1v) is 5.02. The van der Waals surface area contributed by atoms with Crippen LogP contribution in [0.2, 0.25) is 0 Å². The fraction of sp³-hybridized carbons (Fsp3) is 0.500. The first kappa shape index (κ1) is 10.3. The molecule has 1 aromatic rings. The van der Waals surface area contributed by atoms with E-state index in [9.17, 15) is 4.39 Å².